The van der Waals surface area contributed by atoms with Crippen LogP contribution in [0.4, 0.5) is 0 Å². The monoisotopic (exact) mass is 492 g/mol. The number of hydrogen-bond acceptors (Lipinski definition) is 7. The smallest absolute Gasteiger partial charge is 0.276 e. The Labute approximate surface area is 207 Å². The summed E-state index contributed by atoms with van der Waals surface area (Å²) < 4.78 is 7.01. The SMILES string of the molecule is O=C1CCC(N2Cc3cc(-n4cc(C(=O)N5CCC(C6CCOCC6)C5)nn4)ccc3C2=O)C(=O)N1. The molecule has 2 atom stereocenters. The summed E-state index contributed by atoms with van der Waals surface area (Å²) in [5, 5.41) is 10.6. The van der Waals surface area contributed by atoms with Crippen LogP contribution in [-0.4, -0.2) is 80.8 Å². The van der Waals surface area contributed by atoms with Crippen LogP contribution in [0.3, 0.4) is 0 Å². The summed E-state index contributed by atoms with van der Waals surface area (Å²) in [6, 6.07) is 4.64. The zero-order valence-electron chi connectivity index (χ0n) is 19.9. The minimum absolute atomic E-state index is 0.115. The van der Waals surface area contributed by atoms with Gasteiger partial charge in [-0.05, 0) is 61.3 Å². The molecule has 1 N–H and O–H groups in total. The molecule has 11 heteroatoms. The predicted octanol–water partition coefficient (Wildman–Crippen LogP) is 0.917. The number of carbonyl (C=O) groups excluding carboxylic acids is 4. The first-order chi connectivity index (χ1) is 17.5. The molecular formula is C25H28N6O5. The van der Waals surface area contributed by atoms with Crippen molar-refractivity contribution < 1.29 is 23.9 Å². The van der Waals surface area contributed by atoms with Gasteiger partial charge in [0, 0.05) is 44.8 Å². The van der Waals surface area contributed by atoms with E-state index in [1.54, 1.807) is 23.0 Å². The van der Waals surface area contributed by atoms with Crippen LogP contribution < -0.4 is 5.32 Å². The highest BCUT2D eigenvalue weighted by molar-refractivity contribution is 6.05. The zero-order chi connectivity index (χ0) is 24.8. The number of imide groups is 1. The molecule has 3 saturated heterocycles. The van der Waals surface area contributed by atoms with Gasteiger partial charge in [-0.25, -0.2) is 4.68 Å². The van der Waals surface area contributed by atoms with E-state index in [0.717, 1.165) is 51.1 Å². The lowest BCUT2D eigenvalue weighted by Crippen LogP contribution is -2.52. The van der Waals surface area contributed by atoms with E-state index in [0.29, 0.717) is 35.2 Å². The van der Waals surface area contributed by atoms with Gasteiger partial charge < -0.3 is 14.5 Å². The molecule has 0 spiro atoms. The quantitative estimate of drug-likeness (QED) is 0.629. The molecule has 0 bridgehead atoms. The van der Waals surface area contributed by atoms with E-state index in [1.165, 1.54) is 4.90 Å². The number of carbonyl (C=O) groups is 4. The van der Waals surface area contributed by atoms with Gasteiger partial charge in [0.05, 0.1) is 11.9 Å². The normalized spacial score (nSPS) is 24.8. The molecular weight excluding hydrogens is 464 g/mol. The first kappa shape index (κ1) is 22.8. The number of nitrogens with one attached hydrogen (secondary N) is 1. The van der Waals surface area contributed by atoms with Crippen molar-refractivity contribution in [3.8, 4) is 5.69 Å². The number of fused-ring (bicyclic) bond motifs is 1. The number of hydrogen-bond donors (Lipinski definition) is 1. The van der Waals surface area contributed by atoms with E-state index in [-0.39, 0.29) is 30.7 Å². The molecule has 2 unspecified atom stereocenters. The Morgan fingerprint density at radius 3 is 2.69 bits per heavy atom. The van der Waals surface area contributed by atoms with Crippen LogP contribution in [0.15, 0.2) is 24.4 Å². The van der Waals surface area contributed by atoms with Crippen LogP contribution >= 0.6 is 0 Å². The van der Waals surface area contributed by atoms with Crippen LogP contribution in [0.25, 0.3) is 5.69 Å². The van der Waals surface area contributed by atoms with E-state index in [1.807, 2.05) is 11.0 Å². The summed E-state index contributed by atoms with van der Waals surface area (Å²) in [4.78, 5) is 53.1. The summed E-state index contributed by atoms with van der Waals surface area (Å²) >= 11 is 0. The Balaban J connectivity index is 1.14. The van der Waals surface area contributed by atoms with E-state index in [4.69, 9.17) is 4.74 Å². The highest BCUT2D eigenvalue weighted by Gasteiger charge is 2.39. The molecule has 11 nitrogen and oxygen atoms in total. The molecule has 4 amide bonds. The molecule has 4 aliphatic rings. The first-order valence-electron chi connectivity index (χ1n) is 12.6. The molecule has 0 radical (unpaired) electrons. The Kier molecular flexibility index (Phi) is 5.79. The Bertz CT molecular complexity index is 1240. The average molecular weight is 493 g/mol. The molecule has 3 fully saturated rings. The lowest BCUT2D eigenvalue weighted by molar-refractivity contribution is -0.136. The van der Waals surface area contributed by atoms with Gasteiger partial charge in [-0.15, -0.1) is 5.10 Å². The van der Waals surface area contributed by atoms with Gasteiger partial charge in [0.25, 0.3) is 11.8 Å². The van der Waals surface area contributed by atoms with Crippen LogP contribution in [0.5, 0.6) is 0 Å². The predicted molar refractivity (Wildman–Crippen MR) is 125 cm³/mol. The first-order valence-corrected chi connectivity index (χ1v) is 12.6. The van der Waals surface area contributed by atoms with Crippen LogP contribution in [-0.2, 0) is 20.9 Å². The summed E-state index contributed by atoms with van der Waals surface area (Å²) in [6.07, 6.45) is 5.28. The summed E-state index contributed by atoms with van der Waals surface area (Å²) in [5.41, 5.74) is 2.27. The third-order valence-electron chi connectivity index (χ3n) is 7.93. The second kappa shape index (κ2) is 9.12. The van der Waals surface area contributed by atoms with Crippen molar-refractivity contribution in [2.24, 2.45) is 11.8 Å². The van der Waals surface area contributed by atoms with Gasteiger partial charge in [0.15, 0.2) is 5.69 Å². The maximum absolute atomic E-state index is 13.1. The number of amides is 4. The molecule has 1 aromatic heterocycles. The standard InChI is InChI=1S/C25H28N6O5/c32-22-4-3-21(23(33)26-22)30-13-17-11-18(1-2-19(17)24(30)34)31-14-20(27-28-31)25(35)29-8-5-16(12-29)15-6-9-36-10-7-15/h1-2,11,14-16,21H,3-10,12-13H2,(H,26,32,33). The van der Waals surface area contributed by atoms with Crippen molar-refractivity contribution >= 4 is 23.6 Å². The Morgan fingerprint density at radius 2 is 1.89 bits per heavy atom. The average Bonchev–Trinajstić information content (AvgIpc) is 3.64. The number of rotatable bonds is 4. The maximum atomic E-state index is 13.1. The highest BCUT2D eigenvalue weighted by Crippen LogP contribution is 2.32. The third kappa shape index (κ3) is 4.06. The molecule has 36 heavy (non-hydrogen) atoms. The highest BCUT2D eigenvalue weighted by atomic mass is 16.5. The molecule has 188 valence electrons. The molecule has 2 aromatic rings. The second-order valence-corrected chi connectivity index (χ2v) is 10.0. The van der Waals surface area contributed by atoms with E-state index < -0.39 is 11.9 Å². The molecule has 1 aromatic carbocycles. The number of benzene rings is 1. The van der Waals surface area contributed by atoms with Crippen molar-refractivity contribution in [3.05, 3.63) is 41.2 Å². The van der Waals surface area contributed by atoms with E-state index >= 15 is 0 Å². The fraction of sp³-hybridized carbons (Fsp3) is 0.520. The second-order valence-electron chi connectivity index (χ2n) is 10.0. The Morgan fingerprint density at radius 1 is 1.06 bits per heavy atom. The number of piperidine rings is 1. The van der Waals surface area contributed by atoms with Gasteiger partial charge >= 0.3 is 0 Å². The lowest BCUT2D eigenvalue weighted by atomic mass is 9.85. The van der Waals surface area contributed by atoms with E-state index in [2.05, 4.69) is 15.6 Å². The van der Waals surface area contributed by atoms with Crippen molar-refractivity contribution in [1.82, 2.24) is 30.1 Å². The van der Waals surface area contributed by atoms with Gasteiger partial charge in [-0.2, -0.15) is 0 Å². The van der Waals surface area contributed by atoms with Gasteiger partial charge in [-0.1, -0.05) is 5.21 Å². The van der Waals surface area contributed by atoms with Crippen molar-refractivity contribution in [2.75, 3.05) is 26.3 Å². The summed E-state index contributed by atoms with van der Waals surface area (Å²) in [5.74, 6) is 0.0284. The van der Waals surface area contributed by atoms with Gasteiger partial charge in [-0.3, -0.25) is 24.5 Å². The Hall–Kier alpha value is -3.60. The lowest BCUT2D eigenvalue weighted by Gasteiger charge is -2.29. The van der Waals surface area contributed by atoms with Crippen molar-refractivity contribution in [3.63, 3.8) is 0 Å². The fourth-order valence-electron chi connectivity index (χ4n) is 5.90. The van der Waals surface area contributed by atoms with E-state index in [9.17, 15) is 19.2 Å². The number of nitrogens with zero attached hydrogens (tertiary/aromatic N) is 5. The number of aromatic nitrogens is 3. The summed E-state index contributed by atoms with van der Waals surface area (Å²) in [7, 11) is 0. The van der Waals surface area contributed by atoms with Gasteiger partial charge in [0.2, 0.25) is 11.8 Å². The molecule has 6 rings (SSSR count). The van der Waals surface area contributed by atoms with Crippen LogP contribution in [0.1, 0.15) is 58.5 Å². The molecule has 0 aliphatic carbocycles. The number of ether oxygens (including phenoxy) is 1. The minimum Gasteiger partial charge on any atom is -0.381 e. The van der Waals surface area contributed by atoms with Crippen LogP contribution in [0.2, 0.25) is 0 Å². The molecule has 4 aliphatic heterocycles. The topological polar surface area (TPSA) is 127 Å². The third-order valence-corrected chi connectivity index (χ3v) is 7.93. The van der Waals surface area contributed by atoms with Crippen LogP contribution in [0, 0.1) is 11.8 Å². The summed E-state index contributed by atoms with van der Waals surface area (Å²) in [6.45, 7) is 3.36. The minimum atomic E-state index is -0.660. The van der Waals surface area contributed by atoms with Crippen molar-refractivity contribution in [2.45, 2.75) is 44.7 Å². The van der Waals surface area contributed by atoms with Gasteiger partial charge in [0.1, 0.15) is 6.04 Å². The largest absolute Gasteiger partial charge is 0.381 e. The molecule has 0 saturated carbocycles. The molecule has 5 heterocycles. The zero-order valence-corrected chi connectivity index (χ0v) is 19.9. The fourth-order valence-corrected chi connectivity index (χ4v) is 5.90. The maximum Gasteiger partial charge on any atom is 0.276 e. The van der Waals surface area contributed by atoms with Crippen molar-refractivity contribution in [1.29, 1.82) is 0 Å². The number of likely N-dealkylation sites (tertiary alicyclic amines) is 1.